The maximum Gasteiger partial charge on any atom is 0.128 e. The lowest BCUT2D eigenvalue weighted by atomic mass is 10.2. The first-order valence-corrected chi connectivity index (χ1v) is 6.68. The van der Waals surface area contributed by atoms with E-state index < -0.39 is 0 Å². The summed E-state index contributed by atoms with van der Waals surface area (Å²) in [6.07, 6.45) is 0. The first kappa shape index (κ1) is 13.5. The lowest BCUT2D eigenvalue weighted by molar-refractivity contribution is 0.297. The van der Waals surface area contributed by atoms with Crippen LogP contribution in [0.1, 0.15) is 5.69 Å². The molecular formula is C17H16FNO2. The van der Waals surface area contributed by atoms with Gasteiger partial charge in [0.25, 0.3) is 0 Å². The van der Waals surface area contributed by atoms with Gasteiger partial charge in [0, 0.05) is 12.4 Å². The zero-order chi connectivity index (χ0) is 14.8. The molecule has 0 fully saturated rings. The molecule has 0 bridgehead atoms. The summed E-state index contributed by atoms with van der Waals surface area (Å²) in [5.74, 6) is 1.33. The molecule has 0 aliphatic heterocycles. The average Bonchev–Trinajstić information content (AvgIpc) is 2.82. The molecule has 0 atom stereocenters. The lowest BCUT2D eigenvalue weighted by Gasteiger charge is -2.08. The highest BCUT2D eigenvalue weighted by Crippen LogP contribution is 2.22. The van der Waals surface area contributed by atoms with E-state index in [2.05, 4.69) is 0 Å². The predicted octanol–water partition coefficient (Wildman–Crippen LogP) is 3.91. The van der Waals surface area contributed by atoms with Crippen molar-refractivity contribution >= 4 is 10.9 Å². The molecule has 0 unspecified atom stereocenters. The molecule has 21 heavy (non-hydrogen) atoms. The van der Waals surface area contributed by atoms with E-state index in [1.54, 1.807) is 13.2 Å². The Kier molecular flexibility index (Phi) is 3.52. The van der Waals surface area contributed by atoms with Crippen molar-refractivity contribution in [1.82, 2.24) is 4.57 Å². The van der Waals surface area contributed by atoms with Crippen molar-refractivity contribution in [3.05, 3.63) is 60.0 Å². The molecule has 0 saturated carbocycles. The Morgan fingerprint density at radius 2 is 1.71 bits per heavy atom. The van der Waals surface area contributed by atoms with Crippen LogP contribution in [0.25, 0.3) is 10.9 Å². The Hall–Kier alpha value is -2.49. The van der Waals surface area contributed by atoms with Gasteiger partial charge in [-0.15, -0.1) is 0 Å². The van der Waals surface area contributed by atoms with Crippen LogP contribution >= 0.6 is 0 Å². The summed E-state index contributed by atoms with van der Waals surface area (Å²) in [4.78, 5) is 0. The lowest BCUT2D eigenvalue weighted by Crippen LogP contribution is -2.01. The number of hydrogen-bond acceptors (Lipinski definition) is 2. The second kappa shape index (κ2) is 5.48. The van der Waals surface area contributed by atoms with Gasteiger partial charge >= 0.3 is 0 Å². The second-order valence-corrected chi connectivity index (χ2v) is 4.86. The third-order valence-corrected chi connectivity index (χ3v) is 3.55. The number of benzene rings is 2. The van der Waals surface area contributed by atoms with Crippen LogP contribution in [0.2, 0.25) is 0 Å². The Balaban J connectivity index is 1.79. The highest BCUT2D eigenvalue weighted by molar-refractivity contribution is 5.81. The van der Waals surface area contributed by atoms with E-state index in [1.807, 2.05) is 41.9 Å². The summed E-state index contributed by atoms with van der Waals surface area (Å²) in [6, 6.07) is 14.2. The summed E-state index contributed by atoms with van der Waals surface area (Å²) >= 11 is 0. The maximum atomic E-state index is 13.3. The summed E-state index contributed by atoms with van der Waals surface area (Å²) < 4.78 is 26.1. The van der Waals surface area contributed by atoms with E-state index in [4.69, 9.17) is 9.47 Å². The molecule has 1 heterocycles. The van der Waals surface area contributed by atoms with E-state index in [0.29, 0.717) is 6.61 Å². The van der Waals surface area contributed by atoms with Gasteiger partial charge in [-0.1, -0.05) is 0 Å². The number of rotatable bonds is 4. The highest BCUT2D eigenvalue weighted by atomic mass is 19.1. The SMILES string of the molecule is COc1ccc(OCc2cc3ccc(F)cc3n2C)cc1. The monoisotopic (exact) mass is 285 g/mol. The molecule has 0 saturated heterocycles. The first-order chi connectivity index (χ1) is 10.2. The van der Waals surface area contributed by atoms with Crippen molar-refractivity contribution in [2.75, 3.05) is 7.11 Å². The predicted molar refractivity (Wildman–Crippen MR) is 80.2 cm³/mol. The van der Waals surface area contributed by atoms with Crippen LogP contribution in [0.4, 0.5) is 4.39 Å². The standard InChI is InChI=1S/C17H16FNO2/c1-19-14(9-12-3-4-13(18)10-17(12)19)11-21-16-7-5-15(20-2)6-8-16/h3-10H,11H2,1-2H3. The Labute approximate surface area is 122 Å². The number of halogens is 1. The minimum absolute atomic E-state index is 0.230. The zero-order valence-electron chi connectivity index (χ0n) is 12.0. The zero-order valence-corrected chi connectivity index (χ0v) is 12.0. The number of aryl methyl sites for hydroxylation is 1. The highest BCUT2D eigenvalue weighted by Gasteiger charge is 2.07. The first-order valence-electron chi connectivity index (χ1n) is 6.68. The van der Waals surface area contributed by atoms with Gasteiger partial charge in [0.05, 0.1) is 18.3 Å². The summed E-state index contributed by atoms with van der Waals surface area (Å²) in [5, 5.41) is 1.01. The minimum atomic E-state index is -0.230. The Morgan fingerprint density at radius 1 is 1.00 bits per heavy atom. The van der Waals surface area contributed by atoms with Gasteiger partial charge < -0.3 is 14.0 Å². The van der Waals surface area contributed by atoms with Gasteiger partial charge in [0.15, 0.2) is 0 Å². The molecule has 2 aromatic carbocycles. The van der Waals surface area contributed by atoms with Crippen molar-refractivity contribution in [3.63, 3.8) is 0 Å². The molecule has 4 heteroatoms. The van der Waals surface area contributed by atoms with E-state index in [1.165, 1.54) is 12.1 Å². The molecule has 0 N–H and O–H groups in total. The maximum absolute atomic E-state index is 13.3. The molecule has 0 spiro atoms. The normalized spacial score (nSPS) is 10.8. The van der Waals surface area contributed by atoms with Crippen molar-refractivity contribution in [1.29, 1.82) is 0 Å². The van der Waals surface area contributed by atoms with Crippen molar-refractivity contribution in [2.24, 2.45) is 7.05 Å². The minimum Gasteiger partial charge on any atom is -0.497 e. The fourth-order valence-electron chi connectivity index (χ4n) is 2.33. The molecule has 0 aliphatic rings. The summed E-state index contributed by atoms with van der Waals surface area (Å²) in [5.41, 5.74) is 1.86. The number of hydrogen-bond donors (Lipinski definition) is 0. The van der Waals surface area contributed by atoms with Crippen LogP contribution in [-0.4, -0.2) is 11.7 Å². The van der Waals surface area contributed by atoms with Crippen LogP contribution in [0.15, 0.2) is 48.5 Å². The summed E-state index contributed by atoms with van der Waals surface area (Å²) in [7, 11) is 3.54. The van der Waals surface area contributed by atoms with E-state index in [-0.39, 0.29) is 5.82 Å². The van der Waals surface area contributed by atoms with E-state index in [0.717, 1.165) is 28.1 Å². The molecule has 0 radical (unpaired) electrons. The number of fused-ring (bicyclic) bond motifs is 1. The van der Waals surface area contributed by atoms with Gasteiger partial charge in [-0.05, 0) is 48.5 Å². The number of ether oxygens (including phenoxy) is 2. The molecule has 0 aliphatic carbocycles. The van der Waals surface area contributed by atoms with Crippen molar-refractivity contribution in [2.45, 2.75) is 6.61 Å². The van der Waals surface area contributed by atoms with Crippen LogP contribution in [0.5, 0.6) is 11.5 Å². The van der Waals surface area contributed by atoms with Gasteiger partial charge in [-0.3, -0.25) is 0 Å². The van der Waals surface area contributed by atoms with Crippen molar-refractivity contribution in [3.8, 4) is 11.5 Å². The number of aromatic nitrogens is 1. The molecule has 0 amide bonds. The molecule has 3 nitrogen and oxygen atoms in total. The third-order valence-electron chi connectivity index (χ3n) is 3.55. The largest absolute Gasteiger partial charge is 0.497 e. The third kappa shape index (κ3) is 2.70. The quantitative estimate of drug-likeness (QED) is 0.725. The van der Waals surface area contributed by atoms with Crippen LogP contribution in [0.3, 0.4) is 0 Å². The van der Waals surface area contributed by atoms with Gasteiger partial charge in [-0.2, -0.15) is 0 Å². The van der Waals surface area contributed by atoms with Gasteiger partial charge in [0.1, 0.15) is 23.9 Å². The van der Waals surface area contributed by atoms with E-state index in [9.17, 15) is 4.39 Å². The average molecular weight is 285 g/mol. The summed E-state index contributed by atoms with van der Waals surface area (Å²) in [6.45, 7) is 0.430. The second-order valence-electron chi connectivity index (χ2n) is 4.86. The number of methoxy groups -OCH3 is 1. The topological polar surface area (TPSA) is 23.4 Å². The smallest absolute Gasteiger partial charge is 0.128 e. The van der Waals surface area contributed by atoms with Gasteiger partial charge in [0.2, 0.25) is 0 Å². The fourth-order valence-corrected chi connectivity index (χ4v) is 2.33. The Bertz CT molecular complexity index is 762. The molecule has 3 rings (SSSR count). The van der Waals surface area contributed by atoms with E-state index >= 15 is 0 Å². The fraction of sp³-hybridized carbons (Fsp3) is 0.176. The van der Waals surface area contributed by atoms with Crippen LogP contribution in [0, 0.1) is 5.82 Å². The molecular weight excluding hydrogens is 269 g/mol. The Morgan fingerprint density at radius 3 is 2.43 bits per heavy atom. The van der Waals surface area contributed by atoms with Crippen LogP contribution < -0.4 is 9.47 Å². The number of nitrogens with zero attached hydrogens (tertiary/aromatic N) is 1. The molecule has 3 aromatic rings. The molecule has 1 aromatic heterocycles. The van der Waals surface area contributed by atoms with Crippen LogP contribution in [-0.2, 0) is 13.7 Å². The van der Waals surface area contributed by atoms with Crippen molar-refractivity contribution < 1.29 is 13.9 Å². The van der Waals surface area contributed by atoms with Gasteiger partial charge in [-0.25, -0.2) is 4.39 Å². The molecule has 108 valence electrons.